The van der Waals surface area contributed by atoms with Gasteiger partial charge in [0.2, 0.25) is 0 Å². The number of hydrogen-bond acceptors (Lipinski definition) is 4. The van der Waals surface area contributed by atoms with Crippen molar-refractivity contribution in [3.8, 4) is 11.5 Å². The molecule has 0 saturated carbocycles. The van der Waals surface area contributed by atoms with Crippen LogP contribution >= 0.6 is 0 Å². The molecule has 0 unspecified atom stereocenters. The highest BCUT2D eigenvalue weighted by Gasteiger charge is 2.23. The van der Waals surface area contributed by atoms with Crippen molar-refractivity contribution < 1.29 is 24.2 Å². The summed E-state index contributed by atoms with van der Waals surface area (Å²) in [6, 6.07) is 14.0. The Bertz CT molecular complexity index is 689. The number of carboxylic acid groups (broad SMARTS) is 1. The lowest BCUT2D eigenvalue weighted by molar-refractivity contribution is -0.137. The van der Waals surface area contributed by atoms with E-state index in [-0.39, 0.29) is 18.6 Å². The molecule has 2 aromatic rings. The number of Topliss-reactive ketones (excluding diaryl/α,β-unsaturated/α-hetero) is 1. The molecule has 0 heterocycles. The van der Waals surface area contributed by atoms with Crippen molar-refractivity contribution in [3.63, 3.8) is 0 Å². The van der Waals surface area contributed by atoms with Crippen molar-refractivity contribution in [2.75, 3.05) is 14.2 Å². The number of aliphatic carboxylic acids is 1. The van der Waals surface area contributed by atoms with Crippen LogP contribution in [0.2, 0.25) is 0 Å². The quantitative estimate of drug-likeness (QED) is 0.750. The molecule has 0 spiro atoms. The minimum atomic E-state index is -0.920. The fourth-order valence-corrected chi connectivity index (χ4v) is 2.51. The van der Waals surface area contributed by atoms with Crippen LogP contribution < -0.4 is 9.47 Å². The molecular weight excluding hydrogens is 308 g/mol. The maximum Gasteiger partial charge on any atom is 0.303 e. The zero-order chi connectivity index (χ0) is 17.5. The molecule has 1 atom stereocenters. The van der Waals surface area contributed by atoms with E-state index >= 15 is 0 Å². The number of carboxylic acids is 1. The minimum absolute atomic E-state index is 0.0708. The van der Waals surface area contributed by atoms with Gasteiger partial charge in [-0.15, -0.1) is 0 Å². The van der Waals surface area contributed by atoms with Crippen molar-refractivity contribution in [2.24, 2.45) is 0 Å². The third kappa shape index (κ3) is 4.35. The van der Waals surface area contributed by atoms with Crippen LogP contribution in [-0.2, 0) is 4.79 Å². The predicted molar refractivity (Wildman–Crippen MR) is 89.9 cm³/mol. The van der Waals surface area contributed by atoms with Crippen LogP contribution in [0.4, 0.5) is 0 Å². The Hall–Kier alpha value is -2.82. The first kappa shape index (κ1) is 17.5. The van der Waals surface area contributed by atoms with E-state index in [0.717, 1.165) is 5.56 Å². The standard InChI is InChI=1S/C19H20O5/c1-23-15-7-3-13(4-8-15)17(11-12-18(20)21)19(22)14-5-9-16(24-2)10-6-14/h3-10,17H,11-12H2,1-2H3,(H,20,21)/t17-/m0/s1. The lowest BCUT2D eigenvalue weighted by Gasteiger charge is -2.16. The normalized spacial score (nSPS) is 11.6. The van der Waals surface area contributed by atoms with E-state index in [2.05, 4.69) is 0 Å². The van der Waals surface area contributed by atoms with Gasteiger partial charge in [0.1, 0.15) is 11.5 Å². The molecule has 2 rings (SSSR count). The molecule has 24 heavy (non-hydrogen) atoms. The first-order chi connectivity index (χ1) is 11.5. The van der Waals surface area contributed by atoms with E-state index in [4.69, 9.17) is 14.6 Å². The van der Waals surface area contributed by atoms with E-state index in [9.17, 15) is 9.59 Å². The summed E-state index contributed by atoms with van der Waals surface area (Å²) in [5, 5.41) is 8.96. The van der Waals surface area contributed by atoms with Crippen molar-refractivity contribution in [1.29, 1.82) is 0 Å². The molecule has 5 nitrogen and oxygen atoms in total. The van der Waals surface area contributed by atoms with Crippen LogP contribution in [0, 0.1) is 0 Å². The van der Waals surface area contributed by atoms with E-state index in [1.807, 2.05) is 0 Å². The second-order valence-electron chi connectivity index (χ2n) is 5.35. The molecule has 0 radical (unpaired) electrons. The van der Waals surface area contributed by atoms with Gasteiger partial charge in [-0.3, -0.25) is 9.59 Å². The van der Waals surface area contributed by atoms with Crippen LogP contribution in [0.3, 0.4) is 0 Å². The first-order valence-corrected chi connectivity index (χ1v) is 7.59. The Kier molecular flexibility index (Phi) is 5.95. The summed E-state index contributed by atoms with van der Waals surface area (Å²) in [5.74, 6) is -0.189. The van der Waals surface area contributed by atoms with Gasteiger partial charge in [-0.05, 0) is 48.4 Å². The molecule has 0 bridgehead atoms. The minimum Gasteiger partial charge on any atom is -0.497 e. The van der Waals surface area contributed by atoms with Crippen molar-refractivity contribution >= 4 is 11.8 Å². The average molecular weight is 328 g/mol. The molecule has 0 saturated heterocycles. The van der Waals surface area contributed by atoms with Crippen molar-refractivity contribution in [1.82, 2.24) is 0 Å². The average Bonchev–Trinajstić information content (AvgIpc) is 2.62. The van der Waals surface area contributed by atoms with Crippen LogP contribution in [0.25, 0.3) is 0 Å². The molecule has 1 N–H and O–H groups in total. The topological polar surface area (TPSA) is 72.8 Å². The van der Waals surface area contributed by atoms with Gasteiger partial charge in [-0.2, -0.15) is 0 Å². The smallest absolute Gasteiger partial charge is 0.303 e. The van der Waals surface area contributed by atoms with Crippen molar-refractivity contribution in [3.05, 3.63) is 59.7 Å². The fourth-order valence-electron chi connectivity index (χ4n) is 2.51. The summed E-state index contributed by atoms with van der Waals surface area (Å²) in [6.45, 7) is 0. The maximum absolute atomic E-state index is 12.8. The maximum atomic E-state index is 12.8. The van der Waals surface area contributed by atoms with Gasteiger partial charge >= 0.3 is 5.97 Å². The molecule has 0 aromatic heterocycles. The molecule has 0 aliphatic heterocycles. The molecule has 0 fully saturated rings. The summed E-state index contributed by atoms with van der Waals surface area (Å²) in [4.78, 5) is 23.8. The third-order valence-electron chi connectivity index (χ3n) is 3.86. The Labute approximate surface area is 140 Å². The van der Waals surface area contributed by atoms with E-state index in [1.54, 1.807) is 62.8 Å². The molecule has 126 valence electrons. The summed E-state index contributed by atoms with van der Waals surface area (Å²) in [6.07, 6.45) is 0.172. The number of hydrogen-bond donors (Lipinski definition) is 1. The summed E-state index contributed by atoms with van der Waals surface area (Å²) < 4.78 is 10.2. The zero-order valence-electron chi connectivity index (χ0n) is 13.7. The first-order valence-electron chi connectivity index (χ1n) is 7.59. The monoisotopic (exact) mass is 328 g/mol. The number of rotatable bonds is 8. The Balaban J connectivity index is 2.28. The van der Waals surface area contributed by atoms with Gasteiger partial charge in [0.15, 0.2) is 5.78 Å². The van der Waals surface area contributed by atoms with Gasteiger partial charge in [-0.25, -0.2) is 0 Å². The summed E-state index contributed by atoms with van der Waals surface area (Å²) >= 11 is 0. The number of methoxy groups -OCH3 is 2. The van der Waals surface area contributed by atoms with Crippen LogP contribution in [-0.4, -0.2) is 31.1 Å². The lowest BCUT2D eigenvalue weighted by atomic mass is 9.87. The van der Waals surface area contributed by atoms with E-state index in [1.165, 1.54) is 0 Å². The zero-order valence-corrected chi connectivity index (χ0v) is 13.7. The lowest BCUT2D eigenvalue weighted by Crippen LogP contribution is -2.15. The highest BCUT2D eigenvalue weighted by Crippen LogP contribution is 2.28. The number of benzene rings is 2. The second-order valence-corrected chi connectivity index (χ2v) is 5.35. The Morgan fingerprint density at radius 3 is 1.88 bits per heavy atom. The number of ketones is 1. The molecule has 0 aliphatic carbocycles. The van der Waals surface area contributed by atoms with Gasteiger partial charge in [0.05, 0.1) is 14.2 Å². The summed E-state index contributed by atoms with van der Waals surface area (Å²) in [5.41, 5.74) is 1.31. The summed E-state index contributed by atoms with van der Waals surface area (Å²) in [7, 11) is 3.13. The van der Waals surface area contributed by atoms with Crippen LogP contribution in [0.5, 0.6) is 11.5 Å². The van der Waals surface area contributed by atoms with Crippen molar-refractivity contribution in [2.45, 2.75) is 18.8 Å². The third-order valence-corrected chi connectivity index (χ3v) is 3.86. The second kappa shape index (κ2) is 8.15. The molecular formula is C19H20O5. The van der Waals surface area contributed by atoms with Gasteiger partial charge in [0.25, 0.3) is 0 Å². The van der Waals surface area contributed by atoms with Gasteiger partial charge < -0.3 is 14.6 Å². The van der Waals surface area contributed by atoms with E-state index in [0.29, 0.717) is 17.1 Å². The highest BCUT2D eigenvalue weighted by atomic mass is 16.5. The Morgan fingerprint density at radius 2 is 1.42 bits per heavy atom. The number of ether oxygens (including phenoxy) is 2. The van der Waals surface area contributed by atoms with Gasteiger partial charge in [0, 0.05) is 17.9 Å². The Morgan fingerprint density at radius 1 is 0.917 bits per heavy atom. The molecule has 0 amide bonds. The molecule has 5 heteroatoms. The van der Waals surface area contributed by atoms with Crippen LogP contribution in [0.15, 0.2) is 48.5 Å². The highest BCUT2D eigenvalue weighted by molar-refractivity contribution is 6.01. The number of carbonyl (C=O) groups is 2. The predicted octanol–water partition coefficient (Wildman–Crippen LogP) is 3.54. The molecule has 2 aromatic carbocycles. The molecule has 0 aliphatic rings. The SMILES string of the molecule is COc1ccc(C(=O)[C@@H](CCC(=O)O)c2ccc(OC)cc2)cc1. The van der Waals surface area contributed by atoms with E-state index < -0.39 is 11.9 Å². The fraction of sp³-hybridized carbons (Fsp3) is 0.263. The van der Waals surface area contributed by atoms with Crippen LogP contribution in [0.1, 0.15) is 34.7 Å². The number of carbonyl (C=O) groups excluding carboxylic acids is 1. The largest absolute Gasteiger partial charge is 0.497 e. The van der Waals surface area contributed by atoms with Gasteiger partial charge in [-0.1, -0.05) is 12.1 Å².